The van der Waals surface area contributed by atoms with Gasteiger partial charge in [-0.2, -0.15) is 4.39 Å². The maximum Gasteiger partial charge on any atom is 0.410 e. The minimum atomic E-state index is -1.08. The van der Waals surface area contributed by atoms with Gasteiger partial charge in [-0.05, 0) is 32.9 Å². The summed E-state index contributed by atoms with van der Waals surface area (Å²) in [6.45, 7) is 4.97. The Balaban J connectivity index is 2.43. The third-order valence-corrected chi connectivity index (χ3v) is 3.48. The molecule has 0 fully saturated rings. The first-order valence-electron chi connectivity index (χ1n) is 8.01. The highest BCUT2D eigenvalue weighted by atomic mass is 19.1. The van der Waals surface area contributed by atoms with E-state index in [1.54, 1.807) is 20.8 Å². The summed E-state index contributed by atoms with van der Waals surface area (Å²) in [4.78, 5) is 27.3. The highest BCUT2D eigenvalue weighted by Gasteiger charge is 2.24. The van der Waals surface area contributed by atoms with Crippen molar-refractivity contribution in [2.75, 3.05) is 7.05 Å². The average Bonchev–Trinajstić information content (AvgIpc) is 2.54. The Labute approximate surface area is 154 Å². The number of hydrogen-bond donors (Lipinski definition) is 0. The number of carbonyl (C=O) groups excluding carboxylic acids is 1. The number of carbonyl (C=O) groups is 1. The molecule has 2 aromatic rings. The van der Waals surface area contributed by atoms with E-state index in [9.17, 15) is 23.7 Å². The smallest absolute Gasteiger partial charge is 0.410 e. The molecule has 0 aliphatic heterocycles. The lowest BCUT2D eigenvalue weighted by atomic mass is 10.0. The van der Waals surface area contributed by atoms with Gasteiger partial charge in [0, 0.05) is 24.2 Å². The van der Waals surface area contributed by atoms with Crippen LogP contribution in [-0.2, 0) is 11.3 Å². The fourth-order valence-corrected chi connectivity index (χ4v) is 2.35. The van der Waals surface area contributed by atoms with Crippen LogP contribution in [0.15, 0.2) is 30.5 Å². The van der Waals surface area contributed by atoms with Crippen molar-refractivity contribution in [3.8, 4) is 11.3 Å². The molecule has 27 heavy (non-hydrogen) atoms. The van der Waals surface area contributed by atoms with Crippen molar-refractivity contribution in [1.82, 2.24) is 9.88 Å². The van der Waals surface area contributed by atoms with Crippen LogP contribution in [-0.4, -0.2) is 33.5 Å². The second kappa shape index (κ2) is 7.65. The Bertz CT molecular complexity index is 881. The highest BCUT2D eigenvalue weighted by Crippen LogP contribution is 2.30. The Kier molecular flexibility index (Phi) is 5.72. The van der Waals surface area contributed by atoms with Gasteiger partial charge in [-0.3, -0.25) is 15.1 Å². The predicted octanol–water partition coefficient (Wildman–Crippen LogP) is 4.30. The lowest BCUT2D eigenvalue weighted by Gasteiger charge is -2.25. The summed E-state index contributed by atoms with van der Waals surface area (Å²) < 4.78 is 33.5. The van der Waals surface area contributed by atoms with Gasteiger partial charge in [0.05, 0.1) is 23.4 Å². The zero-order valence-corrected chi connectivity index (χ0v) is 15.3. The van der Waals surface area contributed by atoms with Crippen molar-refractivity contribution in [3.63, 3.8) is 0 Å². The molecule has 0 aliphatic carbocycles. The minimum Gasteiger partial charge on any atom is -0.444 e. The SMILES string of the molecule is CN(Cc1cc(F)cnc1-c1cccc([N+](=O)[O-])c1F)C(=O)OC(C)(C)C. The van der Waals surface area contributed by atoms with E-state index in [0.29, 0.717) is 0 Å². The first-order chi connectivity index (χ1) is 12.5. The van der Waals surface area contributed by atoms with Gasteiger partial charge in [-0.25, -0.2) is 9.18 Å². The standard InChI is InChI=1S/C18H19F2N3O4/c1-18(2,3)27-17(24)22(4)10-11-8-12(19)9-21-16(11)13-6-5-7-14(15(13)20)23(25)26/h5-9H,10H2,1-4H3. The lowest BCUT2D eigenvalue weighted by Crippen LogP contribution is -2.34. The van der Waals surface area contributed by atoms with Gasteiger partial charge in [0.2, 0.25) is 5.82 Å². The van der Waals surface area contributed by atoms with E-state index in [2.05, 4.69) is 4.98 Å². The second-order valence-corrected chi connectivity index (χ2v) is 6.89. The van der Waals surface area contributed by atoms with Gasteiger partial charge in [0.15, 0.2) is 0 Å². The number of rotatable bonds is 4. The molecule has 9 heteroatoms. The minimum absolute atomic E-state index is 0.00742. The van der Waals surface area contributed by atoms with Crippen LogP contribution in [0.1, 0.15) is 26.3 Å². The quantitative estimate of drug-likeness (QED) is 0.584. The summed E-state index contributed by atoms with van der Waals surface area (Å²) in [5.41, 5.74) is -1.40. The van der Waals surface area contributed by atoms with E-state index >= 15 is 0 Å². The van der Waals surface area contributed by atoms with Crippen molar-refractivity contribution in [2.45, 2.75) is 32.9 Å². The number of halogens is 2. The van der Waals surface area contributed by atoms with Gasteiger partial charge in [-0.15, -0.1) is 0 Å². The molecule has 1 heterocycles. The summed E-state index contributed by atoms with van der Waals surface area (Å²) in [6, 6.07) is 4.73. The van der Waals surface area contributed by atoms with Gasteiger partial charge < -0.3 is 9.64 Å². The van der Waals surface area contributed by atoms with E-state index in [4.69, 9.17) is 4.74 Å². The molecule has 0 unspecified atom stereocenters. The molecule has 1 aromatic heterocycles. The molecule has 7 nitrogen and oxygen atoms in total. The van der Waals surface area contributed by atoms with Crippen molar-refractivity contribution in [2.24, 2.45) is 0 Å². The summed E-state index contributed by atoms with van der Waals surface area (Å²) in [7, 11) is 1.44. The van der Waals surface area contributed by atoms with Gasteiger partial charge in [0.1, 0.15) is 11.4 Å². The number of hydrogen-bond acceptors (Lipinski definition) is 5. The number of nitro groups is 1. The highest BCUT2D eigenvalue weighted by molar-refractivity contribution is 5.70. The Morgan fingerprint density at radius 1 is 1.33 bits per heavy atom. The van der Waals surface area contributed by atoms with E-state index in [-0.39, 0.29) is 23.4 Å². The monoisotopic (exact) mass is 379 g/mol. The van der Waals surface area contributed by atoms with Gasteiger partial charge in [0.25, 0.3) is 0 Å². The molecule has 1 aromatic carbocycles. The van der Waals surface area contributed by atoms with E-state index < -0.39 is 33.9 Å². The Morgan fingerprint density at radius 3 is 2.59 bits per heavy atom. The van der Waals surface area contributed by atoms with Crippen LogP contribution in [0.2, 0.25) is 0 Å². The summed E-state index contributed by atoms with van der Waals surface area (Å²) in [5, 5.41) is 11.0. The van der Waals surface area contributed by atoms with Crippen LogP contribution in [0.3, 0.4) is 0 Å². The van der Waals surface area contributed by atoms with Crippen molar-refractivity contribution in [1.29, 1.82) is 0 Å². The number of amides is 1. The number of aromatic nitrogens is 1. The molecule has 0 aliphatic rings. The van der Waals surface area contributed by atoms with E-state index in [1.807, 2.05) is 0 Å². The average molecular weight is 379 g/mol. The van der Waals surface area contributed by atoms with Crippen molar-refractivity contribution < 1.29 is 23.2 Å². The maximum atomic E-state index is 14.5. The predicted molar refractivity (Wildman–Crippen MR) is 93.9 cm³/mol. The van der Waals surface area contributed by atoms with Gasteiger partial charge >= 0.3 is 11.8 Å². The summed E-state index contributed by atoms with van der Waals surface area (Å²) in [6.07, 6.45) is 0.224. The van der Waals surface area contributed by atoms with Crippen LogP contribution in [0, 0.1) is 21.7 Å². The molecule has 0 spiro atoms. The first kappa shape index (κ1) is 20.2. The molecule has 1 amide bonds. The number of pyridine rings is 1. The van der Waals surface area contributed by atoms with Crippen LogP contribution < -0.4 is 0 Å². The number of nitro benzene ring substituents is 1. The van der Waals surface area contributed by atoms with Crippen LogP contribution >= 0.6 is 0 Å². The Morgan fingerprint density at radius 2 is 2.00 bits per heavy atom. The largest absolute Gasteiger partial charge is 0.444 e. The number of benzene rings is 1. The molecular formula is C18H19F2N3O4. The third kappa shape index (κ3) is 4.96. The molecule has 0 N–H and O–H groups in total. The molecule has 0 bridgehead atoms. The zero-order valence-electron chi connectivity index (χ0n) is 15.3. The van der Waals surface area contributed by atoms with Gasteiger partial charge in [-0.1, -0.05) is 6.07 Å². The topological polar surface area (TPSA) is 85.6 Å². The third-order valence-electron chi connectivity index (χ3n) is 3.48. The number of nitrogens with zero attached hydrogens (tertiary/aromatic N) is 3. The normalized spacial score (nSPS) is 11.2. The summed E-state index contributed by atoms with van der Waals surface area (Å²) in [5.74, 6) is -1.76. The molecule has 0 saturated heterocycles. The van der Waals surface area contributed by atoms with Crippen molar-refractivity contribution >= 4 is 11.8 Å². The first-order valence-corrected chi connectivity index (χ1v) is 8.01. The fourth-order valence-electron chi connectivity index (χ4n) is 2.35. The lowest BCUT2D eigenvalue weighted by molar-refractivity contribution is -0.387. The van der Waals surface area contributed by atoms with Crippen LogP contribution in [0.4, 0.5) is 19.3 Å². The van der Waals surface area contributed by atoms with Crippen LogP contribution in [0.25, 0.3) is 11.3 Å². The van der Waals surface area contributed by atoms with Crippen molar-refractivity contribution in [3.05, 3.63) is 57.8 Å². The van der Waals surface area contributed by atoms with Crippen LogP contribution in [0.5, 0.6) is 0 Å². The molecule has 0 atom stereocenters. The Hall–Kier alpha value is -3.10. The molecular weight excluding hydrogens is 360 g/mol. The molecule has 2 rings (SSSR count). The van der Waals surface area contributed by atoms with E-state index in [0.717, 1.165) is 18.3 Å². The molecule has 0 radical (unpaired) electrons. The second-order valence-electron chi connectivity index (χ2n) is 6.89. The fraction of sp³-hybridized carbons (Fsp3) is 0.333. The molecule has 0 saturated carbocycles. The maximum absolute atomic E-state index is 14.5. The van der Waals surface area contributed by atoms with E-state index in [1.165, 1.54) is 24.1 Å². The summed E-state index contributed by atoms with van der Waals surface area (Å²) >= 11 is 0. The molecule has 144 valence electrons. The number of ether oxygens (including phenoxy) is 1. The zero-order chi connectivity index (χ0) is 20.4.